The van der Waals surface area contributed by atoms with Crippen molar-refractivity contribution in [1.82, 2.24) is 0 Å². The minimum Gasteiger partial charge on any atom is -0.241 e. The lowest BCUT2D eigenvalue weighted by molar-refractivity contribution is 1.14. The lowest BCUT2D eigenvalue weighted by Crippen LogP contribution is -1.89. The summed E-state index contributed by atoms with van der Waals surface area (Å²) in [6.45, 7) is 2.18. The van der Waals surface area contributed by atoms with Crippen molar-refractivity contribution in [2.24, 2.45) is 4.99 Å². The maximum Gasteiger partial charge on any atom is 0.109 e. The van der Waals surface area contributed by atoms with Gasteiger partial charge in [0.15, 0.2) is 0 Å². The van der Waals surface area contributed by atoms with Crippen molar-refractivity contribution in [1.29, 1.82) is 0 Å². The molecule has 1 nitrogen and oxygen atoms in total. The van der Waals surface area contributed by atoms with Gasteiger partial charge in [-0.1, -0.05) is 85.4 Å². The zero-order valence-electron chi connectivity index (χ0n) is 14.1. The predicted octanol–water partition coefficient (Wildman–Crippen LogP) is 6.57. The standard InChI is InChI=1S/C23H19NS/c1-2-17-12-14-18(15-13-17)16-22-20-10-6-7-11-21(20)23(25-22)24-19-8-4-3-5-9-19/h3-16H,2H2,1H3/b22-16-,24-23?. The Bertz CT molecular complexity index is 937. The summed E-state index contributed by atoms with van der Waals surface area (Å²) in [5, 5.41) is 1.07. The Morgan fingerprint density at radius 2 is 1.48 bits per heavy atom. The molecule has 0 spiro atoms. The Hall–Kier alpha value is -2.58. The topological polar surface area (TPSA) is 12.4 Å². The molecule has 3 aromatic carbocycles. The number of benzene rings is 3. The molecule has 0 atom stereocenters. The average Bonchev–Trinajstić information content (AvgIpc) is 3.01. The van der Waals surface area contributed by atoms with Gasteiger partial charge in [-0.25, -0.2) is 4.99 Å². The van der Waals surface area contributed by atoms with E-state index in [1.807, 2.05) is 30.3 Å². The van der Waals surface area contributed by atoms with Gasteiger partial charge in [-0.3, -0.25) is 0 Å². The third-order valence-corrected chi connectivity index (χ3v) is 5.36. The first kappa shape index (κ1) is 15.9. The second-order valence-corrected chi connectivity index (χ2v) is 7.03. The summed E-state index contributed by atoms with van der Waals surface area (Å²) in [4.78, 5) is 6.12. The molecule has 1 aliphatic heterocycles. The van der Waals surface area contributed by atoms with Gasteiger partial charge in [0.25, 0.3) is 0 Å². The number of hydrogen-bond acceptors (Lipinski definition) is 2. The molecule has 122 valence electrons. The van der Waals surface area contributed by atoms with Crippen LogP contribution in [0.15, 0.2) is 83.9 Å². The lowest BCUT2D eigenvalue weighted by atomic mass is 10.1. The Morgan fingerprint density at radius 1 is 0.800 bits per heavy atom. The Morgan fingerprint density at radius 3 is 2.20 bits per heavy atom. The van der Waals surface area contributed by atoms with Gasteiger partial charge >= 0.3 is 0 Å². The monoisotopic (exact) mass is 341 g/mol. The molecule has 0 saturated heterocycles. The van der Waals surface area contributed by atoms with Crippen LogP contribution in [0.5, 0.6) is 0 Å². The highest BCUT2D eigenvalue weighted by Crippen LogP contribution is 2.43. The Labute approximate surface area is 153 Å². The van der Waals surface area contributed by atoms with Crippen LogP contribution >= 0.6 is 11.8 Å². The molecule has 0 fully saturated rings. The maximum atomic E-state index is 4.86. The molecule has 1 heterocycles. The van der Waals surface area contributed by atoms with Crippen LogP contribution in [0, 0.1) is 0 Å². The minimum atomic E-state index is 0.994. The summed E-state index contributed by atoms with van der Waals surface area (Å²) < 4.78 is 0. The number of thioether (sulfide) groups is 1. The van der Waals surface area contributed by atoms with E-state index in [0.29, 0.717) is 0 Å². The van der Waals surface area contributed by atoms with Crippen LogP contribution in [-0.2, 0) is 6.42 Å². The predicted molar refractivity (Wildman–Crippen MR) is 110 cm³/mol. The zero-order chi connectivity index (χ0) is 17.1. The number of aliphatic imine (C=N–C) groups is 1. The van der Waals surface area contributed by atoms with Crippen molar-refractivity contribution in [2.75, 3.05) is 0 Å². The second-order valence-electron chi connectivity index (χ2n) is 6.00. The van der Waals surface area contributed by atoms with E-state index in [1.165, 1.54) is 27.2 Å². The maximum absolute atomic E-state index is 4.86. The Balaban J connectivity index is 1.73. The van der Waals surface area contributed by atoms with Crippen molar-refractivity contribution in [2.45, 2.75) is 13.3 Å². The van der Waals surface area contributed by atoms with Gasteiger partial charge in [0.2, 0.25) is 0 Å². The van der Waals surface area contributed by atoms with Crippen LogP contribution in [-0.4, -0.2) is 5.04 Å². The normalized spacial score (nSPS) is 16.4. The molecule has 25 heavy (non-hydrogen) atoms. The lowest BCUT2D eigenvalue weighted by Gasteiger charge is -2.01. The number of fused-ring (bicyclic) bond motifs is 1. The van der Waals surface area contributed by atoms with E-state index in [9.17, 15) is 0 Å². The van der Waals surface area contributed by atoms with Crippen LogP contribution in [0.25, 0.3) is 11.0 Å². The zero-order valence-corrected chi connectivity index (χ0v) is 15.0. The van der Waals surface area contributed by atoms with Gasteiger partial charge in [0, 0.05) is 10.5 Å². The number of rotatable bonds is 3. The van der Waals surface area contributed by atoms with E-state index in [2.05, 4.69) is 61.5 Å². The van der Waals surface area contributed by atoms with Crippen molar-refractivity contribution >= 4 is 33.5 Å². The van der Waals surface area contributed by atoms with Gasteiger partial charge in [0.05, 0.1) is 5.69 Å². The molecular weight excluding hydrogens is 322 g/mol. The molecule has 0 bridgehead atoms. The molecule has 3 aromatic rings. The fourth-order valence-corrected chi connectivity index (χ4v) is 4.04. The third kappa shape index (κ3) is 3.45. The summed E-state index contributed by atoms with van der Waals surface area (Å²) >= 11 is 1.75. The fraction of sp³-hybridized carbons (Fsp3) is 0.0870. The highest BCUT2D eigenvalue weighted by Gasteiger charge is 2.23. The number of para-hydroxylation sites is 1. The molecule has 0 unspecified atom stereocenters. The minimum absolute atomic E-state index is 0.994. The molecule has 0 N–H and O–H groups in total. The molecule has 0 radical (unpaired) electrons. The van der Waals surface area contributed by atoms with E-state index < -0.39 is 0 Å². The summed E-state index contributed by atoms with van der Waals surface area (Å²) in [5.41, 5.74) is 6.08. The summed E-state index contributed by atoms with van der Waals surface area (Å²) in [7, 11) is 0. The van der Waals surface area contributed by atoms with E-state index in [4.69, 9.17) is 4.99 Å². The van der Waals surface area contributed by atoms with Crippen LogP contribution in [0.2, 0.25) is 0 Å². The van der Waals surface area contributed by atoms with E-state index in [1.54, 1.807) is 11.8 Å². The summed E-state index contributed by atoms with van der Waals surface area (Å²) in [6.07, 6.45) is 3.33. The van der Waals surface area contributed by atoms with Crippen molar-refractivity contribution in [3.05, 3.63) is 101 Å². The SMILES string of the molecule is CCc1ccc(/C=C2\SC(=Nc3ccccc3)c3ccccc32)cc1. The second kappa shape index (κ2) is 7.12. The van der Waals surface area contributed by atoms with Crippen LogP contribution in [0.1, 0.15) is 29.2 Å². The van der Waals surface area contributed by atoms with Crippen molar-refractivity contribution in [3.8, 4) is 0 Å². The van der Waals surface area contributed by atoms with Gasteiger partial charge in [-0.15, -0.1) is 0 Å². The quantitative estimate of drug-likeness (QED) is 0.524. The fourth-order valence-electron chi connectivity index (χ4n) is 2.91. The smallest absolute Gasteiger partial charge is 0.109 e. The van der Waals surface area contributed by atoms with E-state index in [-0.39, 0.29) is 0 Å². The molecule has 1 aliphatic rings. The number of nitrogens with zero attached hydrogens (tertiary/aromatic N) is 1. The summed E-state index contributed by atoms with van der Waals surface area (Å²) in [6, 6.07) is 27.5. The largest absolute Gasteiger partial charge is 0.241 e. The van der Waals surface area contributed by atoms with Crippen LogP contribution < -0.4 is 0 Å². The van der Waals surface area contributed by atoms with Gasteiger partial charge in [-0.05, 0) is 41.3 Å². The molecule has 0 amide bonds. The average molecular weight is 341 g/mol. The number of hydrogen-bond donors (Lipinski definition) is 0. The van der Waals surface area contributed by atoms with Crippen molar-refractivity contribution in [3.63, 3.8) is 0 Å². The highest BCUT2D eigenvalue weighted by molar-refractivity contribution is 8.23. The first-order valence-corrected chi connectivity index (χ1v) is 9.37. The van der Waals surface area contributed by atoms with E-state index >= 15 is 0 Å². The first-order valence-electron chi connectivity index (χ1n) is 8.55. The third-order valence-electron chi connectivity index (χ3n) is 4.30. The number of aryl methyl sites for hydroxylation is 1. The molecule has 0 aromatic heterocycles. The molecule has 2 heteroatoms. The van der Waals surface area contributed by atoms with Crippen LogP contribution in [0.4, 0.5) is 5.69 Å². The van der Waals surface area contributed by atoms with Gasteiger partial charge < -0.3 is 0 Å². The van der Waals surface area contributed by atoms with Crippen LogP contribution in [0.3, 0.4) is 0 Å². The molecule has 4 rings (SSSR count). The first-order chi connectivity index (χ1) is 12.3. The molecule has 0 aliphatic carbocycles. The van der Waals surface area contributed by atoms with Gasteiger partial charge in [0.1, 0.15) is 5.04 Å². The van der Waals surface area contributed by atoms with Crippen molar-refractivity contribution < 1.29 is 0 Å². The highest BCUT2D eigenvalue weighted by atomic mass is 32.2. The summed E-state index contributed by atoms with van der Waals surface area (Å²) in [5.74, 6) is 0. The Kier molecular flexibility index (Phi) is 4.53. The van der Waals surface area contributed by atoms with Gasteiger partial charge in [-0.2, -0.15) is 0 Å². The van der Waals surface area contributed by atoms with E-state index in [0.717, 1.165) is 17.2 Å². The molecule has 0 saturated carbocycles. The molecular formula is C23H19NS.